The molecule has 1 saturated carbocycles. The minimum atomic E-state index is -4.99. The van der Waals surface area contributed by atoms with Gasteiger partial charge in [0, 0.05) is 31.2 Å². The number of nitriles is 1. The number of carbonyl (C=O) groups excluding carboxylic acids is 3. The van der Waals surface area contributed by atoms with Gasteiger partial charge < -0.3 is 25.1 Å². The smallest absolute Gasteiger partial charge is 0.416 e. The summed E-state index contributed by atoms with van der Waals surface area (Å²) in [6.45, 7) is 6.33. The molecule has 2 aliphatic heterocycles. The summed E-state index contributed by atoms with van der Waals surface area (Å²) in [5, 5.41) is 15.2. The zero-order valence-electron chi connectivity index (χ0n) is 24.6. The number of alkyl halides is 6. The number of rotatable bonds is 8. The first-order chi connectivity index (χ1) is 20.3. The van der Waals surface area contributed by atoms with Crippen molar-refractivity contribution >= 4 is 18.3 Å². The van der Waals surface area contributed by atoms with Crippen LogP contribution in [0.2, 0.25) is 0 Å². The van der Waals surface area contributed by atoms with E-state index in [4.69, 9.17) is 4.74 Å². The van der Waals surface area contributed by atoms with E-state index in [1.807, 2.05) is 0 Å². The molecule has 0 aromatic heterocycles. The molecule has 2 amide bonds. The fourth-order valence-corrected chi connectivity index (χ4v) is 6.02. The van der Waals surface area contributed by atoms with Crippen LogP contribution in [0.5, 0.6) is 0 Å². The van der Waals surface area contributed by atoms with Crippen LogP contribution in [0.1, 0.15) is 69.7 Å². The van der Waals surface area contributed by atoms with Crippen LogP contribution in [0.4, 0.5) is 31.1 Å². The van der Waals surface area contributed by atoms with E-state index in [1.165, 1.54) is 11.8 Å². The number of carbonyl (C=O) groups is 3. The van der Waals surface area contributed by atoms with Gasteiger partial charge in [-0.2, -0.15) is 31.6 Å². The topological polar surface area (TPSA) is 115 Å². The van der Waals surface area contributed by atoms with Crippen molar-refractivity contribution in [3.63, 3.8) is 0 Å². The molecule has 0 bridgehead atoms. The molecule has 1 aliphatic carbocycles. The van der Waals surface area contributed by atoms with Gasteiger partial charge in [-0.05, 0) is 76.6 Å². The highest BCUT2D eigenvalue weighted by atomic mass is 19.4. The number of nitrogens with zero attached hydrogens (tertiary/aromatic N) is 3. The minimum absolute atomic E-state index is 0.0614. The van der Waals surface area contributed by atoms with Crippen molar-refractivity contribution in [3.8, 4) is 6.07 Å². The van der Waals surface area contributed by atoms with Gasteiger partial charge in [-0.3, -0.25) is 9.69 Å². The van der Waals surface area contributed by atoms with Crippen molar-refractivity contribution in [2.45, 2.75) is 101 Å². The second kappa shape index (κ2) is 12.2. The molecule has 1 aromatic rings. The van der Waals surface area contributed by atoms with Gasteiger partial charge >= 0.3 is 18.4 Å². The molecule has 15 heteroatoms. The normalized spacial score (nSPS) is 26.8. The predicted octanol–water partition coefficient (Wildman–Crippen LogP) is 4.42. The van der Waals surface area contributed by atoms with Gasteiger partial charge in [0.05, 0.1) is 23.2 Å². The Bertz CT molecular complexity index is 1270. The number of alkyl carbamates (subject to hydrolysis) is 1. The molecule has 2 N–H and O–H groups in total. The first-order valence-corrected chi connectivity index (χ1v) is 14.3. The Balaban J connectivity index is 1.51. The number of hydrogen-bond acceptors (Lipinski definition) is 7. The number of aldehydes is 1. The van der Waals surface area contributed by atoms with E-state index in [0.29, 0.717) is 24.8 Å². The van der Waals surface area contributed by atoms with E-state index in [0.717, 1.165) is 6.42 Å². The lowest BCUT2D eigenvalue weighted by atomic mass is 9.99. The highest BCUT2D eigenvalue weighted by Gasteiger charge is 2.55. The molecule has 2 heterocycles. The molecule has 0 spiro atoms. The number of likely N-dealkylation sites (tertiary alicyclic amines) is 2. The first-order valence-electron chi connectivity index (χ1n) is 14.3. The van der Waals surface area contributed by atoms with Crippen molar-refractivity contribution in [2.75, 3.05) is 13.1 Å². The van der Waals surface area contributed by atoms with E-state index in [9.17, 15) is 46.0 Å². The van der Waals surface area contributed by atoms with Crippen molar-refractivity contribution in [2.24, 2.45) is 5.92 Å². The van der Waals surface area contributed by atoms with E-state index in [1.54, 1.807) is 25.7 Å². The number of hydrogen-bond donors (Lipinski definition) is 2. The summed E-state index contributed by atoms with van der Waals surface area (Å²) in [7, 11) is 0. The molecule has 1 aromatic carbocycles. The third kappa shape index (κ3) is 7.82. The Labute approximate surface area is 250 Å². The van der Waals surface area contributed by atoms with Crippen LogP contribution in [0, 0.1) is 17.2 Å². The molecule has 9 nitrogen and oxygen atoms in total. The second-order valence-corrected chi connectivity index (χ2v) is 12.7. The van der Waals surface area contributed by atoms with Gasteiger partial charge in [0.25, 0.3) is 0 Å². The zero-order chi connectivity index (χ0) is 32.8. The standard InChI is InChI=1S/C29H35F6N5O4/c1-15(16-5-18(28(30,31)32)9-19(6-16)29(33,34)35)37-20-10-22(14-41)39(12-20)13-23(38-26(43)44-27(2,3)4)25(42)40-21(11-36)7-17-8-24(17)40/h5-6,9,14-15,17,20-24,37H,7-8,10,12-13H2,1-4H3,(H,38,43). The molecule has 7 unspecified atom stereocenters. The lowest BCUT2D eigenvalue weighted by Gasteiger charge is -2.32. The summed E-state index contributed by atoms with van der Waals surface area (Å²) < 4.78 is 85.6. The van der Waals surface area contributed by atoms with E-state index in [-0.39, 0.29) is 43.1 Å². The van der Waals surface area contributed by atoms with Gasteiger partial charge in [-0.25, -0.2) is 4.79 Å². The highest BCUT2D eigenvalue weighted by molar-refractivity contribution is 5.87. The first kappa shape index (κ1) is 33.5. The van der Waals surface area contributed by atoms with Crippen LogP contribution in [-0.2, 0) is 26.7 Å². The average Bonchev–Trinajstić information content (AvgIpc) is 3.40. The molecule has 44 heavy (non-hydrogen) atoms. The van der Waals surface area contributed by atoms with Gasteiger partial charge in [0.1, 0.15) is 24.0 Å². The van der Waals surface area contributed by atoms with Gasteiger partial charge in [0.2, 0.25) is 5.91 Å². The maximum absolute atomic E-state index is 13.7. The fraction of sp³-hybridized carbons (Fsp3) is 0.655. The largest absolute Gasteiger partial charge is 0.444 e. The molecule has 3 aliphatic rings. The number of benzene rings is 1. The SMILES string of the molecule is CC(NC1CC(C=O)N(CC(NC(=O)OC(C)(C)C)C(=O)N2C(C#N)CC3CC32)C1)c1cc(C(F)(F)F)cc(C(F)(F)F)c1. The molecule has 242 valence electrons. The number of piperidine rings is 1. The number of halogens is 6. The van der Waals surface area contributed by atoms with Crippen molar-refractivity contribution in [3.05, 3.63) is 34.9 Å². The van der Waals surface area contributed by atoms with E-state index in [2.05, 4.69) is 16.7 Å². The number of fused-ring (bicyclic) bond motifs is 1. The Hall–Kier alpha value is -3.38. The summed E-state index contributed by atoms with van der Waals surface area (Å²) in [6.07, 6.45) is -8.79. The Kier molecular flexibility index (Phi) is 9.29. The lowest BCUT2D eigenvalue weighted by molar-refractivity contribution is -0.143. The second-order valence-electron chi connectivity index (χ2n) is 12.7. The zero-order valence-corrected chi connectivity index (χ0v) is 24.6. The fourth-order valence-electron chi connectivity index (χ4n) is 6.02. The predicted molar refractivity (Wildman–Crippen MR) is 144 cm³/mol. The quantitative estimate of drug-likeness (QED) is 0.323. The lowest BCUT2D eigenvalue weighted by Crippen LogP contribution is -2.56. The van der Waals surface area contributed by atoms with Crippen LogP contribution >= 0.6 is 0 Å². The third-order valence-corrected chi connectivity index (χ3v) is 8.12. The van der Waals surface area contributed by atoms with Crippen LogP contribution in [0.25, 0.3) is 0 Å². The Morgan fingerprint density at radius 1 is 1.07 bits per heavy atom. The van der Waals surface area contributed by atoms with Crippen LogP contribution in [-0.4, -0.2) is 77.0 Å². The van der Waals surface area contributed by atoms with Crippen LogP contribution < -0.4 is 10.6 Å². The number of amides is 2. The monoisotopic (exact) mass is 631 g/mol. The maximum Gasteiger partial charge on any atom is 0.416 e. The Morgan fingerprint density at radius 3 is 2.20 bits per heavy atom. The number of ether oxygens (including phenoxy) is 1. The molecule has 4 rings (SSSR count). The molecule has 7 atom stereocenters. The van der Waals surface area contributed by atoms with Crippen LogP contribution in [0.3, 0.4) is 0 Å². The molecule has 0 radical (unpaired) electrons. The van der Waals surface area contributed by atoms with Crippen LogP contribution in [0.15, 0.2) is 18.2 Å². The molecule has 2 saturated heterocycles. The van der Waals surface area contributed by atoms with Crippen molar-refractivity contribution in [1.29, 1.82) is 5.26 Å². The summed E-state index contributed by atoms with van der Waals surface area (Å²) in [4.78, 5) is 41.5. The molecular weight excluding hydrogens is 596 g/mol. The molecular formula is C29H35F6N5O4. The number of nitrogens with one attached hydrogen (secondary N) is 2. The average molecular weight is 632 g/mol. The van der Waals surface area contributed by atoms with E-state index < -0.39 is 71.3 Å². The minimum Gasteiger partial charge on any atom is -0.444 e. The van der Waals surface area contributed by atoms with Crippen molar-refractivity contribution < 1.29 is 45.5 Å². The van der Waals surface area contributed by atoms with Gasteiger partial charge in [-0.15, -0.1) is 0 Å². The molecule has 3 fully saturated rings. The Morgan fingerprint density at radius 2 is 1.68 bits per heavy atom. The van der Waals surface area contributed by atoms with Gasteiger partial charge in [0.15, 0.2) is 0 Å². The highest BCUT2D eigenvalue weighted by Crippen LogP contribution is 2.48. The van der Waals surface area contributed by atoms with Crippen molar-refractivity contribution in [1.82, 2.24) is 20.4 Å². The summed E-state index contributed by atoms with van der Waals surface area (Å²) in [6, 6.07) is -0.717. The summed E-state index contributed by atoms with van der Waals surface area (Å²) in [5.41, 5.74) is -3.97. The summed E-state index contributed by atoms with van der Waals surface area (Å²) >= 11 is 0. The third-order valence-electron chi connectivity index (χ3n) is 8.12. The van der Waals surface area contributed by atoms with E-state index >= 15 is 0 Å². The van der Waals surface area contributed by atoms with Gasteiger partial charge in [-0.1, -0.05) is 0 Å². The maximum atomic E-state index is 13.7. The summed E-state index contributed by atoms with van der Waals surface area (Å²) in [5.74, 6) is -0.283.